The zero-order chi connectivity index (χ0) is 18.3. The molecule has 4 nitrogen and oxygen atoms in total. The highest BCUT2D eigenvalue weighted by Gasteiger charge is 2.52. The maximum absolute atomic E-state index is 13.2. The van der Waals surface area contributed by atoms with E-state index in [2.05, 4.69) is 0 Å². The molecular weight excluding hydrogens is 320 g/mol. The second-order valence-corrected chi connectivity index (χ2v) is 6.86. The van der Waals surface area contributed by atoms with E-state index in [1.807, 2.05) is 27.7 Å². The SMILES string of the molecule is CC1(C)OB(C(=Cc2cc(N)ccc2C(F)(F)F)CN)OC1(C)C. The highest BCUT2D eigenvalue weighted by molar-refractivity contribution is 6.55. The molecule has 1 aliphatic heterocycles. The van der Waals surface area contributed by atoms with Crippen LogP contribution in [-0.2, 0) is 15.5 Å². The summed E-state index contributed by atoms with van der Waals surface area (Å²) in [6, 6.07) is 3.44. The van der Waals surface area contributed by atoms with Gasteiger partial charge in [0.15, 0.2) is 0 Å². The molecule has 0 spiro atoms. The molecule has 1 fully saturated rings. The normalized spacial score (nSPS) is 20.5. The van der Waals surface area contributed by atoms with Gasteiger partial charge in [0.05, 0.1) is 16.8 Å². The number of nitrogen functional groups attached to an aromatic ring is 1. The summed E-state index contributed by atoms with van der Waals surface area (Å²) in [5.41, 5.74) is 9.99. The van der Waals surface area contributed by atoms with Crippen molar-refractivity contribution in [3.63, 3.8) is 0 Å². The molecule has 24 heavy (non-hydrogen) atoms. The van der Waals surface area contributed by atoms with Gasteiger partial charge in [0.2, 0.25) is 0 Å². The van der Waals surface area contributed by atoms with Crippen molar-refractivity contribution in [1.82, 2.24) is 0 Å². The lowest BCUT2D eigenvalue weighted by Crippen LogP contribution is -2.41. The molecule has 1 heterocycles. The summed E-state index contributed by atoms with van der Waals surface area (Å²) in [5, 5.41) is 0. The van der Waals surface area contributed by atoms with Crippen LogP contribution in [0.3, 0.4) is 0 Å². The van der Waals surface area contributed by atoms with Gasteiger partial charge in [-0.05, 0) is 56.9 Å². The van der Waals surface area contributed by atoms with Crippen molar-refractivity contribution >= 4 is 18.9 Å². The first-order valence-electron chi connectivity index (χ1n) is 7.60. The largest absolute Gasteiger partial charge is 0.491 e. The van der Waals surface area contributed by atoms with Crippen LogP contribution in [0.2, 0.25) is 0 Å². The molecule has 0 atom stereocenters. The number of halogens is 3. The van der Waals surface area contributed by atoms with E-state index in [4.69, 9.17) is 20.8 Å². The molecule has 1 aromatic carbocycles. The third kappa shape index (κ3) is 3.60. The van der Waals surface area contributed by atoms with Gasteiger partial charge in [0.1, 0.15) is 0 Å². The van der Waals surface area contributed by atoms with E-state index in [0.717, 1.165) is 6.07 Å². The third-order valence-corrected chi connectivity index (χ3v) is 4.51. The molecule has 0 unspecified atom stereocenters. The Labute approximate surface area is 140 Å². The second-order valence-electron chi connectivity index (χ2n) is 6.86. The van der Waals surface area contributed by atoms with Crippen LogP contribution in [0.1, 0.15) is 38.8 Å². The van der Waals surface area contributed by atoms with Gasteiger partial charge in [-0.2, -0.15) is 13.2 Å². The average molecular weight is 342 g/mol. The Bertz CT molecular complexity index is 641. The van der Waals surface area contributed by atoms with Crippen LogP contribution in [-0.4, -0.2) is 24.9 Å². The van der Waals surface area contributed by atoms with Gasteiger partial charge in [0.25, 0.3) is 0 Å². The summed E-state index contributed by atoms with van der Waals surface area (Å²) >= 11 is 0. The molecular formula is C16H22BF3N2O2. The zero-order valence-corrected chi connectivity index (χ0v) is 14.2. The maximum Gasteiger partial charge on any atom is 0.491 e. The summed E-state index contributed by atoms with van der Waals surface area (Å²) in [6.07, 6.45) is -3.14. The first-order chi connectivity index (χ1) is 10.9. The lowest BCUT2D eigenvalue weighted by molar-refractivity contribution is -0.137. The van der Waals surface area contributed by atoms with Crippen molar-refractivity contribution in [2.45, 2.75) is 45.1 Å². The highest BCUT2D eigenvalue weighted by atomic mass is 19.4. The lowest BCUT2D eigenvalue weighted by Gasteiger charge is -2.32. The second kappa shape index (κ2) is 6.09. The molecule has 132 valence electrons. The molecule has 1 saturated heterocycles. The topological polar surface area (TPSA) is 70.5 Å². The first kappa shape index (κ1) is 18.8. The molecule has 2 rings (SSSR count). The predicted molar refractivity (Wildman–Crippen MR) is 89.0 cm³/mol. The van der Waals surface area contributed by atoms with Gasteiger partial charge in [0, 0.05) is 12.2 Å². The summed E-state index contributed by atoms with van der Waals surface area (Å²) in [7, 11) is -0.803. The van der Waals surface area contributed by atoms with E-state index in [9.17, 15) is 13.2 Å². The summed E-state index contributed by atoms with van der Waals surface area (Å²) in [4.78, 5) is 0. The van der Waals surface area contributed by atoms with Crippen LogP contribution < -0.4 is 11.5 Å². The summed E-state index contributed by atoms with van der Waals surface area (Å²) in [5.74, 6) is 0. The Hall–Kier alpha value is -1.51. The van der Waals surface area contributed by atoms with Gasteiger partial charge in [-0.3, -0.25) is 0 Å². The number of benzene rings is 1. The quantitative estimate of drug-likeness (QED) is 0.653. The zero-order valence-electron chi connectivity index (χ0n) is 14.2. The van der Waals surface area contributed by atoms with E-state index in [-0.39, 0.29) is 17.8 Å². The maximum atomic E-state index is 13.2. The highest BCUT2D eigenvalue weighted by Crippen LogP contribution is 2.39. The van der Waals surface area contributed by atoms with Crippen LogP contribution in [0.4, 0.5) is 18.9 Å². The smallest absolute Gasteiger partial charge is 0.400 e. The fourth-order valence-electron chi connectivity index (χ4n) is 2.38. The molecule has 0 amide bonds. The predicted octanol–water partition coefficient (Wildman–Crippen LogP) is 3.26. The Morgan fingerprint density at radius 1 is 1.17 bits per heavy atom. The molecule has 0 bridgehead atoms. The van der Waals surface area contributed by atoms with E-state index in [0.29, 0.717) is 5.47 Å². The molecule has 8 heteroatoms. The Morgan fingerprint density at radius 3 is 2.17 bits per heavy atom. The van der Waals surface area contributed by atoms with Crippen molar-refractivity contribution in [2.75, 3.05) is 12.3 Å². The van der Waals surface area contributed by atoms with E-state index in [1.165, 1.54) is 18.2 Å². The molecule has 0 radical (unpaired) electrons. The van der Waals surface area contributed by atoms with Gasteiger partial charge >= 0.3 is 13.3 Å². The number of nitrogens with two attached hydrogens (primary N) is 2. The minimum atomic E-state index is -4.49. The number of alkyl halides is 3. The van der Waals surface area contributed by atoms with Gasteiger partial charge in [-0.15, -0.1) is 0 Å². The van der Waals surface area contributed by atoms with Gasteiger partial charge < -0.3 is 20.8 Å². The van der Waals surface area contributed by atoms with Crippen molar-refractivity contribution in [1.29, 1.82) is 0 Å². The minimum absolute atomic E-state index is 0.00290. The molecule has 0 saturated carbocycles. The Morgan fingerprint density at radius 2 is 1.71 bits per heavy atom. The van der Waals surface area contributed by atoms with Crippen LogP contribution in [0, 0.1) is 0 Å². The van der Waals surface area contributed by atoms with Crippen molar-refractivity contribution in [3.8, 4) is 0 Å². The van der Waals surface area contributed by atoms with E-state index < -0.39 is 30.1 Å². The minimum Gasteiger partial charge on any atom is -0.400 e. The van der Waals surface area contributed by atoms with Crippen LogP contribution in [0.25, 0.3) is 6.08 Å². The molecule has 1 aliphatic rings. The Kier molecular flexibility index (Phi) is 4.78. The fraction of sp³-hybridized carbons (Fsp3) is 0.500. The number of rotatable bonds is 3. The number of hydrogen-bond donors (Lipinski definition) is 2. The van der Waals surface area contributed by atoms with Gasteiger partial charge in [-0.25, -0.2) is 0 Å². The van der Waals surface area contributed by atoms with Crippen molar-refractivity contribution in [3.05, 3.63) is 34.8 Å². The standard InChI is InChI=1S/C16H22BF3N2O2/c1-14(2)15(3,4)24-17(23-14)11(9-21)7-10-8-12(22)5-6-13(10)16(18,19)20/h5-8H,9,21-22H2,1-4H3. The van der Waals surface area contributed by atoms with E-state index in [1.54, 1.807) is 0 Å². The van der Waals surface area contributed by atoms with Crippen LogP contribution in [0.5, 0.6) is 0 Å². The molecule has 4 N–H and O–H groups in total. The van der Waals surface area contributed by atoms with Crippen LogP contribution >= 0.6 is 0 Å². The number of anilines is 1. The van der Waals surface area contributed by atoms with Gasteiger partial charge in [-0.1, -0.05) is 6.08 Å². The number of hydrogen-bond acceptors (Lipinski definition) is 4. The first-order valence-corrected chi connectivity index (χ1v) is 7.60. The Balaban J connectivity index is 2.44. The molecule has 0 aromatic heterocycles. The summed E-state index contributed by atoms with van der Waals surface area (Å²) in [6.45, 7) is 7.46. The van der Waals surface area contributed by atoms with Crippen molar-refractivity contribution in [2.24, 2.45) is 5.73 Å². The third-order valence-electron chi connectivity index (χ3n) is 4.51. The fourth-order valence-corrected chi connectivity index (χ4v) is 2.38. The van der Waals surface area contributed by atoms with Crippen molar-refractivity contribution < 1.29 is 22.5 Å². The monoisotopic (exact) mass is 342 g/mol. The summed E-state index contributed by atoms with van der Waals surface area (Å²) < 4.78 is 51.3. The van der Waals surface area contributed by atoms with Crippen LogP contribution in [0.15, 0.2) is 23.7 Å². The lowest BCUT2D eigenvalue weighted by atomic mass is 9.76. The average Bonchev–Trinajstić information content (AvgIpc) is 2.63. The van der Waals surface area contributed by atoms with E-state index >= 15 is 0 Å². The molecule has 1 aromatic rings. The molecule has 0 aliphatic carbocycles.